The van der Waals surface area contributed by atoms with Crippen LogP contribution in [0.25, 0.3) is 0 Å². The largest absolute Gasteiger partial charge is 0.439 e. The fourth-order valence-electron chi connectivity index (χ4n) is 1.10. The second-order valence-corrected chi connectivity index (χ2v) is 4.27. The Morgan fingerprint density at radius 2 is 1.78 bits per heavy atom. The van der Waals surface area contributed by atoms with Crippen LogP contribution in [-0.2, 0) is 0 Å². The van der Waals surface area contributed by atoms with Crippen LogP contribution in [0.3, 0.4) is 0 Å². The van der Waals surface area contributed by atoms with Crippen LogP contribution < -0.4 is 4.74 Å². The third-order valence-corrected chi connectivity index (χ3v) is 2.21. The van der Waals surface area contributed by atoms with E-state index >= 15 is 0 Å². The lowest BCUT2D eigenvalue weighted by Gasteiger charge is -2.23. The van der Waals surface area contributed by atoms with Crippen LogP contribution in [0.15, 0.2) is 16.6 Å². The van der Waals surface area contributed by atoms with Gasteiger partial charge >= 0.3 is 12.3 Å². The Labute approximate surface area is 107 Å². The van der Waals surface area contributed by atoms with Crippen LogP contribution in [0.1, 0.15) is 5.56 Å². The molecule has 1 rings (SSSR count). The summed E-state index contributed by atoms with van der Waals surface area (Å²) in [6.45, 7) is 1.46. The maximum Gasteiger partial charge on any atom is 0.439 e. The quantitative estimate of drug-likeness (QED) is 0.742. The molecule has 0 N–H and O–H groups in total. The van der Waals surface area contributed by atoms with Crippen LogP contribution in [-0.4, -0.2) is 18.5 Å². The number of aryl methyl sites for hydroxylation is 1. The maximum atomic E-state index is 12.9. The fourth-order valence-corrected chi connectivity index (χ4v) is 1.64. The molecule has 0 saturated heterocycles. The molecule has 1 aromatic carbocycles. The molecule has 0 spiro atoms. The summed E-state index contributed by atoms with van der Waals surface area (Å²) in [7, 11) is 0. The summed E-state index contributed by atoms with van der Waals surface area (Å²) in [5.41, 5.74) is 0.345. The van der Waals surface area contributed by atoms with Gasteiger partial charge in [0.2, 0.25) is 0 Å². The van der Waals surface area contributed by atoms with Gasteiger partial charge in [0.25, 0.3) is 6.17 Å². The summed E-state index contributed by atoms with van der Waals surface area (Å²) < 4.78 is 77.9. The van der Waals surface area contributed by atoms with Gasteiger partial charge in [0, 0.05) is 10.5 Å². The van der Waals surface area contributed by atoms with Crippen LogP contribution in [0.4, 0.5) is 26.3 Å². The predicted octanol–water partition coefficient (Wildman–Crippen LogP) is 4.43. The van der Waals surface area contributed by atoms with Gasteiger partial charge in [-0.25, -0.2) is 4.39 Å². The average molecular weight is 336 g/mol. The highest BCUT2D eigenvalue weighted by Crippen LogP contribution is 2.37. The van der Waals surface area contributed by atoms with E-state index in [0.717, 1.165) is 12.1 Å². The number of rotatable bonds is 3. The molecule has 1 aromatic rings. The number of ether oxygens (including phenoxy) is 1. The van der Waals surface area contributed by atoms with Crippen molar-refractivity contribution in [3.63, 3.8) is 0 Å². The van der Waals surface area contributed by atoms with Crippen molar-refractivity contribution >= 4 is 15.9 Å². The smallest absolute Gasteiger partial charge is 0.430 e. The molecular weight excluding hydrogens is 330 g/mol. The predicted molar refractivity (Wildman–Crippen MR) is 54.2 cm³/mol. The van der Waals surface area contributed by atoms with Crippen molar-refractivity contribution in [3.05, 3.63) is 28.2 Å². The summed E-state index contributed by atoms with van der Waals surface area (Å²) in [6.07, 6.45) is -15.1. The highest BCUT2D eigenvalue weighted by atomic mass is 79.9. The Morgan fingerprint density at radius 3 is 2.22 bits per heavy atom. The van der Waals surface area contributed by atoms with E-state index in [9.17, 15) is 26.3 Å². The number of hydrogen-bond donors (Lipinski definition) is 0. The number of benzene rings is 1. The Morgan fingerprint density at radius 1 is 1.22 bits per heavy atom. The normalized spacial score (nSPS) is 14.4. The Hall–Kier alpha value is -0.920. The first-order chi connectivity index (χ1) is 8.02. The van der Waals surface area contributed by atoms with Crippen LogP contribution in [0.2, 0.25) is 0 Å². The molecule has 101 valence electrons. The van der Waals surface area contributed by atoms with Gasteiger partial charge in [-0.3, -0.25) is 0 Å². The van der Waals surface area contributed by atoms with Gasteiger partial charge in [-0.1, -0.05) is 15.9 Å². The zero-order valence-corrected chi connectivity index (χ0v) is 10.4. The first-order valence-electron chi connectivity index (χ1n) is 4.49. The minimum absolute atomic E-state index is 0.204. The molecule has 18 heavy (non-hydrogen) atoms. The Kier molecular flexibility index (Phi) is 4.19. The summed E-state index contributed by atoms with van der Waals surface area (Å²) >= 11 is 2.90. The van der Waals surface area contributed by atoms with Gasteiger partial charge in [0.05, 0.1) is 0 Å². The first-order valence-corrected chi connectivity index (χ1v) is 5.29. The van der Waals surface area contributed by atoms with Gasteiger partial charge in [0.15, 0.2) is 0 Å². The van der Waals surface area contributed by atoms with Crippen LogP contribution in [0, 0.1) is 13.0 Å². The summed E-state index contributed by atoms with van der Waals surface area (Å²) in [5, 5.41) is 0. The fraction of sp³-hybridized carbons (Fsp3) is 0.400. The van der Waals surface area contributed by atoms with Gasteiger partial charge in [0.1, 0.15) is 5.75 Å². The Balaban J connectivity index is 2.95. The van der Waals surface area contributed by atoms with Gasteiger partial charge in [-0.05, 0) is 24.6 Å². The van der Waals surface area contributed by atoms with E-state index < -0.39 is 24.2 Å². The van der Waals surface area contributed by atoms with Crippen LogP contribution in [0.5, 0.6) is 5.75 Å². The standard InChI is InChI=1S/C10H6BrF6O/c1-5-2-6(11)4-7(3-5)18-10(16,17)8(12)9(13,14)15/h3-4,8H,1H3. The minimum Gasteiger partial charge on any atom is -0.430 e. The lowest BCUT2D eigenvalue weighted by atomic mass is 10.2. The highest BCUT2D eigenvalue weighted by molar-refractivity contribution is 9.10. The molecule has 8 heteroatoms. The van der Waals surface area contributed by atoms with E-state index in [2.05, 4.69) is 26.7 Å². The second-order valence-electron chi connectivity index (χ2n) is 3.42. The third kappa shape index (κ3) is 3.79. The molecule has 0 heterocycles. The van der Waals surface area contributed by atoms with Crippen molar-refractivity contribution in [2.24, 2.45) is 0 Å². The average Bonchev–Trinajstić information content (AvgIpc) is 2.12. The van der Waals surface area contributed by atoms with E-state index in [1.807, 2.05) is 0 Å². The van der Waals surface area contributed by atoms with Crippen molar-refractivity contribution < 1.29 is 31.1 Å². The molecule has 1 atom stereocenters. The van der Waals surface area contributed by atoms with E-state index in [1.54, 1.807) is 0 Å². The van der Waals surface area contributed by atoms with Crippen molar-refractivity contribution in [2.75, 3.05) is 0 Å². The lowest BCUT2D eigenvalue weighted by Crippen LogP contribution is -2.45. The molecule has 0 aliphatic rings. The van der Waals surface area contributed by atoms with Gasteiger partial charge in [-0.2, -0.15) is 22.0 Å². The Bertz CT molecular complexity index is 411. The van der Waals surface area contributed by atoms with Gasteiger partial charge in [-0.15, -0.1) is 0 Å². The van der Waals surface area contributed by atoms with E-state index in [-0.39, 0.29) is 4.47 Å². The molecule has 0 aromatic heterocycles. The molecule has 0 bridgehead atoms. The molecule has 1 nitrogen and oxygen atoms in total. The number of hydrogen-bond acceptors (Lipinski definition) is 1. The number of alkyl halides is 6. The van der Waals surface area contributed by atoms with Crippen molar-refractivity contribution in [3.8, 4) is 5.75 Å². The number of halogens is 7. The molecule has 0 aliphatic heterocycles. The van der Waals surface area contributed by atoms with E-state index in [1.165, 1.54) is 6.92 Å². The lowest BCUT2D eigenvalue weighted by molar-refractivity contribution is -0.304. The van der Waals surface area contributed by atoms with Crippen molar-refractivity contribution in [1.29, 1.82) is 0 Å². The van der Waals surface area contributed by atoms with E-state index in [0.29, 0.717) is 5.56 Å². The van der Waals surface area contributed by atoms with Crippen LogP contribution >= 0.6 is 15.9 Å². The first kappa shape index (κ1) is 15.1. The molecule has 0 fully saturated rings. The molecule has 0 amide bonds. The monoisotopic (exact) mass is 335 g/mol. The molecule has 0 saturated carbocycles. The molecular formula is C10H6BrF6O. The SMILES string of the molecule is Cc1[c]c(Br)cc(OC(F)(F)C(F)C(F)(F)F)c1. The van der Waals surface area contributed by atoms with Gasteiger partial charge < -0.3 is 4.74 Å². The second kappa shape index (κ2) is 4.99. The molecule has 0 aliphatic carbocycles. The zero-order chi connectivity index (χ0) is 14.1. The molecule has 1 unspecified atom stereocenters. The summed E-state index contributed by atoms with van der Waals surface area (Å²) in [4.78, 5) is 0. The third-order valence-electron chi connectivity index (χ3n) is 1.78. The summed E-state index contributed by atoms with van der Waals surface area (Å²) in [6, 6.07) is 4.61. The van der Waals surface area contributed by atoms with E-state index in [4.69, 9.17) is 0 Å². The highest BCUT2D eigenvalue weighted by Gasteiger charge is 2.59. The topological polar surface area (TPSA) is 9.23 Å². The molecule has 1 radical (unpaired) electrons. The van der Waals surface area contributed by atoms with Crippen molar-refractivity contribution in [2.45, 2.75) is 25.4 Å². The maximum absolute atomic E-state index is 12.9. The zero-order valence-electron chi connectivity index (χ0n) is 8.79. The minimum atomic E-state index is -5.70. The van der Waals surface area contributed by atoms with Crippen molar-refractivity contribution in [1.82, 2.24) is 0 Å². The summed E-state index contributed by atoms with van der Waals surface area (Å²) in [5.74, 6) is -0.588.